The van der Waals surface area contributed by atoms with Gasteiger partial charge >= 0.3 is 0 Å². The van der Waals surface area contributed by atoms with Gasteiger partial charge in [0, 0.05) is 10.4 Å². The lowest BCUT2D eigenvalue weighted by atomic mass is 10.1. The van der Waals surface area contributed by atoms with Gasteiger partial charge < -0.3 is 0 Å². The van der Waals surface area contributed by atoms with Crippen LogP contribution in [0.4, 0.5) is 4.39 Å². The van der Waals surface area contributed by atoms with E-state index in [1.165, 1.54) is 6.07 Å². The Kier molecular flexibility index (Phi) is 2.90. The van der Waals surface area contributed by atoms with Crippen molar-refractivity contribution in [1.29, 1.82) is 0 Å². The molecule has 1 aromatic rings. The fourth-order valence-corrected chi connectivity index (χ4v) is 1.65. The van der Waals surface area contributed by atoms with Gasteiger partial charge in [-0.05, 0) is 30.2 Å². The third-order valence-electron chi connectivity index (χ3n) is 1.56. The molecule has 0 unspecified atom stereocenters. The standard InChI is InChI=1S/C8H7BrClF/c1-5-6(4-9)2-7(10)3-8(5)11/h2-3H,4H2,1H3. The molecule has 3 heteroatoms. The lowest BCUT2D eigenvalue weighted by Gasteiger charge is -2.03. The molecule has 0 bridgehead atoms. The molecule has 0 amide bonds. The van der Waals surface area contributed by atoms with Crippen LogP contribution in [0, 0.1) is 12.7 Å². The van der Waals surface area contributed by atoms with Gasteiger partial charge in [-0.15, -0.1) is 0 Å². The van der Waals surface area contributed by atoms with Crippen molar-refractivity contribution in [3.05, 3.63) is 34.1 Å². The Morgan fingerprint density at radius 3 is 2.73 bits per heavy atom. The Labute approximate surface area is 78.5 Å². The summed E-state index contributed by atoms with van der Waals surface area (Å²) in [6, 6.07) is 3.08. The minimum absolute atomic E-state index is 0.244. The minimum Gasteiger partial charge on any atom is -0.207 e. The topological polar surface area (TPSA) is 0 Å². The van der Waals surface area contributed by atoms with Crippen molar-refractivity contribution < 1.29 is 4.39 Å². The summed E-state index contributed by atoms with van der Waals surface area (Å²) in [4.78, 5) is 0. The quantitative estimate of drug-likeness (QED) is 0.654. The molecule has 0 aromatic heterocycles. The summed E-state index contributed by atoms with van der Waals surface area (Å²) >= 11 is 8.89. The molecule has 0 atom stereocenters. The van der Waals surface area contributed by atoms with Crippen molar-refractivity contribution in [3.8, 4) is 0 Å². The van der Waals surface area contributed by atoms with E-state index < -0.39 is 0 Å². The maximum Gasteiger partial charge on any atom is 0.127 e. The summed E-state index contributed by atoms with van der Waals surface area (Å²) in [6.45, 7) is 1.74. The SMILES string of the molecule is Cc1c(F)cc(Cl)cc1CBr. The van der Waals surface area contributed by atoms with Gasteiger partial charge in [-0.1, -0.05) is 27.5 Å². The fourth-order valence-electron chi connectivity index (χ4n) is 0.838. The second-order valence-corrected chi connectivity index (χ2v) is 3.30. The summed E-state index contributed by atoms with van der Waals surface area (Å²) in [7, 11) is 0. The fraction of sp³-hybridized carbons (Fsp3) is 0.250. The second-order valence-electron chi connectivity index (χ2n) is 2.31. The maximum atomic E-state index is 12.9. The predicted octanol–water partition coefficient (Wildman–Crippen LogP) is 3.68. The largest absolute Gasteiger partial charge is 0.207 e. The second kappa shape index (κ2) is 3.55. The molecule has 0 aliphatic carbocycles. The summed E-state index contributed by atoms with van der Waals surface area (Å²) in [5.41, 5.74) is 1.56. The first-order valence-electron chi connectivity index (χ1n) is 3.15. The molecular formula is C8H7BrClF. The first-order valence-corrected chi connectivity index (χ1v) is 4.65. The molecule has 0 aliphatic heterocycles. The Hall–Kier alpha value is -0.0800. The van der Waals surface area contributed by atoms with Gasteiger partial charge in [-0.25, -0.2) is 4.39 Å². The highest BCUT2D eigenvalue weighted by molar-refractivity contribution is 9.08. The van der Waals surface area contributed by atoms with E-state index in [1.807, 2.05) is 0 Å². The van der Waals surface area contributed by atoms with Crippen LogP contribution < -0.4 is 0 Å². The van der Waals surface area contributed by atoms with E-state index in [0.29, 0.717) is 15.9 Å². The zero-order chi connectivity index (χ0) is 8.43. The van der Waals surface area contributed by atoms with E-state index in [-0.39, 0.29) is 5.82 Å². The molecule has 0 saturated carbocycles. The molecule has 0 heterocycles. The van der Waals surface area contributed by atoms with Crippen LogP contribution >= 0.6 is 27.5 Å². The van der Waals surface area contributed by atoms with Gasteiger partial charge in [-0.2, -0.15) is 0 Å². The van der Waals surface area contributed by atoms with Crippen LogP contribution in [0.25, 0.3) is 0 Å². The van der Waals surface area contributed by atoms with Gasteiger partial charge in [0.15, 0.2) is 0 Å². The maximum absolute atomic E-state index is 12.9. The zero-order valence-corrected chi connectivity index (χ0v) is 8.34. The van der Waals surface area contributed by atoms with Crippen molar-refractivity contribution in [1.82, 2.24) is 0 Å². The number of rotatable bonds is 1. The molecule has 0 radical (unpaired) electrons. The van der Waals surface area contributed by atoms with Crippen molar-refractivity contribution in [2.45, 2.75) is 12.3 Å². The molecule has 60 valence electrons. The van der Waals surface area contributed by atoms with Gasteiger partial charge in [0.05, 0.1) is 0 Å². The Morgan fingerprint density at radius 2 is 2.18 bits per heavy atom. The van der Waals surface area contributed by atoms with Crippen molar-refractivity contribution in [2.75, 3.05) is 0 Å². The van der Waals surface area contributed by atoms with E-state index in [0.717, 1.165) is 5.56 Å². The van der Waals surface area contributed by atoms with Crippen LogP contribution in [0.3, 0.4) is 0 Å². The van der Waals surface area contributed by atoms with E-state index >= 15 is 0 Å². The van der Waals surface area contributed by atoms with E-state index in [9.17, 15) is 4.39 Å². The number of benzene rings is 1. The average Bonchev–Trinajstić information content (AvgIpc) is 1.96. The number of halogens is 3. The van der Waals surface area contributed by atoms with Gasteiger partial charge in [0.25, 0.3) is 0 Å². The summed E-state index contributed by atoms with van der Waals surface area (Å²) < 4.78 is 12.9. The number of alkyl halides is 1. The first-order chi connectivity index (χ1) is 5.15. The van der Waals surface area contributed by atoms with Crippen molar-refractivity contribution in [3.63, 3.8) is 0 Å². The highest BCUT2D eigenvalue weighted by Crippen LogP contribution is 2.20. The van der Waals surface area contributed by atoms with Crippen LogP contribution in [0.15, 0.2) is 12.1 Å². The first kappa shape index (κ1) is 9.01. The third kappa shape index (κ3) is 1.94. The van der Waals surface area contributed by atoms with Gasteiger partial charge in [0.1, 0.15) is 5.82 Å². The molecular weight excluding hydrogens is 230 g/mol. The lowest BCUT2D eigenvalue weighted by Crippen LogP contribution is -1.89. The van der Waals surface area contributed by atoms with Crippen molar-refractivity contribution >= 4 is 27.5 Å². The van der Waals surface area contributed by atoms with Gasteiger partial charge in [-0.3, -0.25) is 0 Å². The summed E-state index contributed by atoms with van der Waals surface area (Å²) in [5.74, 6) is -0.244. The smallest absolute Gasteiger partial charge is 0.127 e. The van der Waals surface area contributed by atoms with E-state index in [1.54, 1.807) is 13.0 Å². The van der Waals surface area contributed by atoms with Crippen LogP contribution in [0.2, 0.25) is 5.02 Å². The monoisotopic (exact) mass is 236 g/mol. The average molecular weight is 237 g/mol. The number of hydrogen-bond donors (Lipinski definition) is 0. The lowest BCUT2D eigenvalue weighted by molar-refractivity contribution is 0.617. The third-order valence-corrected chi connectivity index (χ3v) is 2.38. The van der Waals surface area contributed by atoms with E-state index in [2.05, 4.69) is 15.9 Å². The zero-order valence-electron chi connectivity index (χ0n) is 6.00. The molecule has 0 saturated heterocycles. The normalized spacial score (nSPS) is 10.2. The van der Waals surface area contributed by atoms with Crippen molar-refractivity contribution in [2.24, 2.45) is 0 Å². The Morgan fingerprint density at radius 1 is 1.55 bits per heavy atom. The van der Waals surface area contributed by atoms with Crippen LogP contribution in [0.5, 0.6) is 0 Å². The van der Waals surface area contributed by atoms with Crippen LogP contribution in [0.1, 0.15) is 11.1 Å². The van der Waals surface area contributed by atoms with E-state index in [4.69, 9.17) is 11.6 Å². The Bertz CT molecular complexity index is 273. The molecule has 1 aromatic carbocycles. The molecule has 0 fully saturated rings. The number of hydrogen-bond acceptors (Lipinski definition) is 0. The molecule has 0 nitrogen and oxygen atoms in total. The predicted molar refractivity (Wildman–Crippen MR) is 48.8 cm³/mol. The van der Waals surface area contributed by atoms with Crippen LogP contribution in [-0.4, -0.2) is 0 Å². The summed E-state index contributed by atoms with van der Waals surface area (Å²) in [5, 5.41) is 1.08. The molecule has 1 rings (SSSR count). The minimum atomic E-state index is -0.244. The molecule has 0 N–H and O–H groups in total. The molecule has 11 heavy (non-hydrogen) atoms. The summed E-state index contributed by atoms with van der Waals surface area (Å²) in [6.07, 6.45) is 0. The van der Waals surface area contributed by atoms with Gasteiger partial charge in [0.2, 0.25) is 0 Å². The highest BCUT2D eigenvalue weighted by Gasteiger charge is 2.03. The Balaban J connectivity index is 3.24. The van der Waals surface area contributed by atoms with Crippen LogP contribution in [-0.2, 0) is 5.33 Å². The molecule has 0 spiro atoms. The molecule has 0 aliphatic rings. The highest BCUT2D eigenvalue weighted by atomic mass is 79.9.